The number of piperidine rings is 1. The highest BCUT2D eigenvalue weighted by Crippen LogP contribution is 2.31. The first kappa shape index (κ1) is 16.9. The minimum atomic E-state index is 0.535. The van der Waals surface area contributed by atoms with E-state index in [0.717, 1.165) is 18.9 Å². The van der Waals surface area contributed by atoms with Crippen molar-refractivity contribution >= 4 is 17.2 Å². The third-order valence-corrected chi connectivity index (χ3v) is 5.23. The van der Waals surface area contributed by atoms with Gasteiger partial charge in [-0.05, 0) is 68.2 Å². The van der Waals surface area contributed by atoms with E-state index in [2.05, 4.69) is 63.5 Å². The van der Waals surface area contributed by atoms with Crippen LogP contribution in [0.4, 0.5) is 11.6 Å². The van der Waals surface area contributed by atoms with E-state index in [4.69, 9.17) is 0 Å². The number of aromatic nitrogens is 2. The lowest BCUT2D eigenvalue weighted by Gasteiger charge is -2.26. The fourth-order valence-electron chi connectivity index (χ4n) is 3.70. The lowest BCUT2D eigenvalue weighted by atomic mass is 10.1. The maximum absolute atomic E-state index is 4.44. The van der Waals surface area contributed by atoms with Gasteiger partial charge in [0.05, 0.1) is 5.52 Å². The van der Waals surface area contributed by atoms with E-state index in [1.165, 1.54) is 40.9 Å². The van der Waals surface area contributed by atoms with Crippen molar-refractivity contribution in [3.05, 3.63) is 48.3 Å². The number of nitrogens with zero attached hydrogens (tertiary/aromatic N) is 3. The first-order valence-corrected chi connectivity index (χ1v) is 9.35. The minimum Gasteiger partial charge on any atom is -0.368 e. The van der Waals surface area contributed by atoms with Crippen molar-refractivity contribution in [1.82, 2.24) is 14.7 Å². The van der Waals surface area contributed by atoms with E-state index < -0.39 is 0 Å². The Hall–Kier alpha value is -2.53. The van der Waals surface area contributed by atoms with Crippen LogP contribution < -0.4 is 15.5 Å². The molecule has 0 aliphatic carbocycles. The maximum Gasteiger partial charge on any atom is 0.128 e. The summed E-state index contributed by atoms with van der Waals surface area (Å²) in [6.45, 7) is 4.36. The van der Waals surface area contributed by atoms with E-state index in [9.17, 15) is 0 Å². The lowest BCUT2D eigenvalue weighted by molar-refractivity contribution is 0.477. The summed E-state index contributed by atoms with van der Waals surface area (Å²) >= 11 is 0. The molecule has 4 rings (SSSR count). The predicted molar refractivity (Wildman–Crippen MR) is 109 cm³/mol. The van der Waals surface area contributed by atoms with Crippen LogP contribution in [-0.4, -0.2) is 42.6 Å². The number of rotatable bonds is 4. The molecule has 0 saturated carbocycles. The predicted octanol–water partition coefficient (Wildman–Crippen LogP) is 3.54. The number of anilines is 2. The summed E-state index contributed by atoms with van der Waals surface area (Å²) in [7, 11) is 4.04. The Morgan fingerprint density at radius 2 is 1.96 bits per heavy atom. The number of pyridine rings is 2. The molecule has 0 radical (unpaired) electrons. The Morgan fingerprint density at radius 1 is 1.15 bits per heavy atom. The molecule has 5 heteroatoms. The number of nitrogens with one attached hydrogen (secondary N) is 2. The van der Waals surface area contributed by atoms with E-state index >= 15 is 0 Å². The first-order valence-electron chi connectivity index (χ1n) is 9.35. The van der Waals surface area contributed by atoms with Crippen molar-refractivity contribution in [1.29, 1.82) is 0 Å². The van der Waals surface area contributed by atoms with E-state index in [1.54, 1.807) is 0 Å². The maximum atomic E-state index is 4.44. The molecule has 1 aliphatic heterocycles. The van der Waals surface area contributed by atoms with Gasteiger partial charge >= 0.3 is 0 Å². The Balaban J connectivity index is 1.74. The molecule has 0 atom stereocenters. The summed E-state index contributed by atoms with van der Waals surface area (Å²) in [5.74, 6) is 2.18. The number of aryl methyl sites for hydroxylation is 1. The average Bonchev–Trinajstić information content (AvgIpc) is 3.09. The Labute approximate surface area is 155 Å². The van der Waals surface area contributed by atoms with Crippen molar-refractivity contribution in [3.63, 3.8) is 0 Å². The molecular weight excluding hydrogens is 322 g/mol. The van der Waals surface area contributed by atoms with Crippen molar-refractivity contribution in [2.45, 2.75) is 25.8 Å². The summed E-state index contributed by atoms with van der Waals surface area (Å²) < 4.78 is 2.29. The second-order valence-electron chi connectivity index (χ2n) is 7.32. The number of fused-ring (bicyclic) bond motifs is 1. The molecule has 26 heavy (non-hydrogen) atoms. The van der Waals surface area contributed by atoms with Gasteiger partial charge in [0.25, 0.3) is 0 Å². The van der Waals surface area contributed by atoms with Gasteiger partial charge in [0.2, 0.25) is 0 Å². The standard InChI is InChI=1S/C21H27N5/c1-15-4-5-19-18(16-6-12-23-20(14-16)25(2)3)9-13-26(19)21(15)24-17-7-10-22-11-8-17/h4-6,9,12-14,17,22,24H,7-8,10-11H2,1-3H3. The lowest BCUT2D eigenvalue weighted by Crippen LogP contribution is -2.35. The number of hydrogen-bond acceptors (Lipinski definition) is 4. The van der Waals surface area contributed by atoms with Gasteiger partial charge in [-0.15, -0.1) is 0 Å². The molecule has 0 spiro atoms. The zero-order chi connectivity index (χ0) is 18.1. The number of hydrogen-bond donors (Lipinski definition) is 2. The van der Waals surface area contributed by atoms with Crippen molar-refractivity contribution in [3.8, 4) is 11.1 Å². The van der Waals surface area contributed by atoms with Gasteiger partial charge in [-0.2, -0.15) is 0 Å². The Morgan fingerprint density at radius 3 is 2.73 bits per heavy atom. The largest absolute Gasteiger partial charge is 0.368 e. The van der Waals surface area contributed by atoms with Crippen LogP contribution >= 0.6 is 0 Å². The summed E-state index contributed by atoms with van der Waals surface area (Å²) in [4.78, 5) is 6.48. The Kier molecular flexibility index (Phi) is 4.55. The molecule has 3 aromatic rings. The smallest absolute Gasteiger partial charge is 0.128 e. The summed E-state index contributed by atoms with van der Waals surface area (Å²) in [6, 6.07) is 11.4. The molecule has 136 valence electrons. The highest BCUT2D eigenvalue weighted by molar-refractivity contribution is 5.83. The van der Waals surface area contributed by atoms with E-state index in [0.29, 0.717) is 6.04 Å². The zero-order valence-corrected chi connectivity index (χ0v) is 15.8. The topological polar surface area (TPSA) is 44.6 Å². The monoisotopic (exact) mass is 349 g/mol. The molecule has 5 nitrogen and oxygen atoms in total. The second-order valence-corrected chi connectivity index (χ2v) is 7.32. The van der Waals surface area contributed by atoms with Gasteiger partial charge in [0.15, 0.2) is 0 Å². The molecule has 0 bridgehead atoms. The van der Waals surface area contributed by atoms with E-state index in [1.807, 2.05) is 25.2 Å². The summed E-state index contributed by atoms with van der Waals surface area (Å²) in [5.41, 5.74) is 4.94. The highest BCUT2D eigenvalue weighted by Gasteiger charge is 2.16. The van der Waals surface area contributed by atoms with Gasteiger partial charge in [-0.25, -0.2) is 4.98 Å². The SMILES string of the molecule is Cc1ccc2c(-c3ccnc(N(C)C)c3)ccn2c1NC1CCNCC1. The van der Waals surface area contributed by atoms with Crippen molar-refractivity contribution < 1.29 is 0 Å². The normalized spacial score (nSPS) is 15.3. The molecular formula is C21H27N5. The van der Waals surface area contributed by atoms with Crippen LogP contribution in [0.5, 0.6) is 0 Å². The Bertz CT molecular complexity index is 906. The molecule has 3 aromatic heterocycles. The minimum absolute atomic E-state index is 0.535. The molecule has 0 aromatic carbocycles. The molecule has 2 N–H and O–H groups in total. The van der Waals surface area contributed by atoms with Crippen LogP contribution in [0.25, 0.3) is 16.6 Å². The van der Waals surface area contributed by atoms with Gasteiger partial charge in [0, 0.05) is 38.1 Å². The van der Waals surface area contributed by atoms with Crippen LogP contribution in [0.2, 0.25) is 0 Å². The van der Waals surface area contributed by atoms with Gasteiger partial charge < -0.3 is 19.9 Å². The van der Waals surface area contributed by atoms with Crippen LogP contribution in [-0.2, 0) is 0 Å². The van der Waals surface area contributed by atoms with Gasteiger partial charge in [-0.1, -0.05) is 6.07 Å². The molecule has 0 unspecified atom stereocenters. The average molecular weight is 349 g/mol. The summed E-state index contributed by atoms with van der Waals surface area (Å²) in [5, 5.41) is 7.22. The highest BCUT2D eigenvalue weighted by atomic mass is 15.1. The van der Waals surface area contributed by atoms with Crippen LogP contribution in [0.3, 0.4) is 0 Å². The van der Waals surface area contributed by atoms with Crippen LogP contribution in [0.1, 0.15) is 18.4 Å². The van der Waals surface area contributed by atoms with Crippen molar-refractivity contribution in [2.75, 3.05) is 37.4 Å². The zero-order valence-electron chi connectivity index (χ0n) is 15.8. The molecule has 4 heterocycles. The van der Waals surface area contributed by atoms with Crippen LogP contribution in [0, 0.1) is 6.92 Å². The molecule has 0 amide bonds. The van der Waals surface area contributed by atoms with Gasteiger partial charge in [-0.3, -0.25) is 0 Å². The first-order chi connectivity index (χ1) is 12.6. The molecule has 1 saturated heterocycles. The molecule has 1 fully saturated rings. The third kappa shape index (κ3) is 3.15. The fourth-order valence-corrected chi connectivity index (χ4v) is 3.70. The van der Waals surface area contributed by atoms with Gasteiger partial charge in [0.1, 0.15) is 11.6 Å². The fraction of sp³-hybridized carbons (Fsp3) is 0.381. The quantitative estimate of drug-likeness (QED) is 0.756. The second kappa shape index (κ2) is 7.00. The van der Waals surface area contributed by atoms with E-state index in [-0.39, 0.29) is 0 Å². The van der Waals surface area contributed by atoms with Crippen LogP contribution in [0.15, 0.2) is 42.7 Å². The van der Waals surface area contributed by atoms with Crippen molar-refractivity contribution in [2.24, 2.45) is 0 Å². The summed E-state index contributed by atoms with van der Waals surface area (Å²) in [6.07, 6.45) is 6.40. The molecule has 1 aliphatic rings. The third-order valence-electron chi connectivity index (χ3n) is 5.23.